The Morgan fingerprint density at radius 1 is 1.00 bits per heavy atom. The number of hydrogen-bond donors (Lipinski definition) is 0. The number of carbonyl (C=O) groups excluding carboxylic acids is 1. The number of rotatable bonds is 7. The molecule has 2 nitrogen and oxygen atoms in total. The first kappa shape index (κ1) is 19.7. The normalized spacial score (nSPS) is 20.8. The lowest BCUT2D eigenvalue weighted by Gasteiger charge is -2.28. The molecule has 1 atom stereocenters. The van der Waals surface area contributed by atoms with Crippen molar-refractivity contribution in [1.82, 2.24) is 0 Å². The molecule has 2 aromatic rings. The van der Waals surface area contributed by atoms with Crippen molar-refractivity contribution in [3.05, 3.63) is 71.3 Å². The van der Waals surface area contributed by atoms with E-state index < -0.39 is 0 Å². The number of esters is 1. The molecule has 0 saturated heterocycles. The Morgan fingerprint density at radius 2 is 1.67 bits per heavy atom. The van der Waals surface area contributed by atoms with Crippen LogP contribution in [0.1, 0.15) is 79.8 Å². The number of hydrogen-bond acceptors (Lipinski definition) is 2. The van der Waals surface area contributed by atoms with Crippen LogP contribution in [0.25, 0.3) is 0 Å². The fraction of sp³-hybridized carbons (Fsp3) is 0.480. The predicted molar refractivity (Wildman–Crippen MR) is 111 cm³/mol. The zero-order chi connectivity index (χ0) is 19.1. The van der Waals surface area contributed by atoms with E-state index in [2.05, 4.69) is 44.2 Å². The van der Waals surface area contributed by atoms with Crippen LogP contribution >= 0.6 is 0 Å². The second kappa shape index (κ2) is 9.73. The second-order valence-corrected chi connectivity index (χ2v) is 8.01. The quantitative estimate of drug-likeness (QED) is 0.521. The van der Waals surface area contributed by atoms with Crippen molar-refractivity contribution in [2.75, 3.05) is 0 Å². The molecule has 0 aromatic heterocycles. The van der Waals surface area contributed by atoms with Crippen LogP contribution in [0.2, 0.25) is 0 Å². The van der Waals surface area contributed by atoms with Gasteiger partial charge in [0.1, 0.15) is 6.10 Å². The van der Waals surface area contributed by atoms with Crippen molar-refractivity contribution in [2.45, 2.75) is 70.8 Å². The fourth-order valence-electron chi connectivity index (χ4n) is 4.29. The highest BCUT2D eigenvalue weighted by atomic mass is 16.5. The molecule has 2 heteroatoms. The summed E-state index contributed by atoms with van der Waals surface area (Å²) in [5.74, 6) is 1.04. The molecule has 0 bridgehead atoms. The zero-order valence-electron chi connectivity index (χ0n) is 16.7. The van der Waals surface area contributed by atoms with E-state index in [1.807, 2.05) is 24.3 Å². The van der Waals surface area contributed by atoms with Crippen molar-refractivity contribution in [3.8, 4) is 0 Å². The van der Waals surface area contributed by atoms with Gasteiger partial charge in [-0.3, -0.25) is 0 Å². The van der Waals surface area contributed by atoms with Crippen molar-refractivity contribution in [3.63, 3.8) is 0 Å². The molecule has 0 radical (unpaired) electrons. The molecule has 1 aliphatic carbocycles. The van der Waals surface area contributed by atoms with Crippen LogP contribution in [0, 0.1) is 5.92 Å². The van der Waals surface area contributed by atoms with Crippen LogP contribution in [-0.2, 0) is 11.2 Å². The standard InChI is InChI=1S/C25H32O2/c1-3-9-20-14-16-23(17-15-20)27-25(26)24-13-8-7-12-22(24)18-19(2)21-10-5-4-6-11-21/h4-8,10-13,19-20,23H,3,9,14-18H2,1-2H3/t19-,20-,23-/m1/s1. The topological polar surface area (TPSA) is 26.3 Å². The zero-order valence-corrected chi connectivity index (χ0v) is 16.7. The maximum Gasteiger partial charge on any atom is 0.338 e. The molecule has 0 unspecified atom stereocenters. The van der Waals surface area contributed by atoms with E-state index in [1.165, 1.54) is 31.2 Å². The first-order valence-corrected chi connectivity index (χ1v) is 10.5. The Labute approximate surface area is 164 Å². The van der Waals surface area contributed by atoms with Crippen LogP contribution in [-0.4, -0.2) is 12.1 Å². The molecule has 2 aromatic carbocycles. The Bertz CT molecular complexity index is 714. The van der Waals surface area contributed by atoms with Crippen molar-refractivity contribution >= 4 is 5.97 Å². The van der Waals surface area contributed by atoms with E-state index in [1.54, 1.807) is 0 Å². The Balaban J connectivity index is 1.62. The minimum atomic E-state index is -0.148. The van der Waals surface area contributed by atoms with Gasteiger partial charge in [-0.2, -0.15) is 0 Å². The number of benzene rings is 2. The highest BCUT2D eigenvalue weighted by molar-refractivity contribution is 5.91. The van der Waals surface area contributed by atoms with Gasteiger partial charge in [-0.1, -0.05) is 75.2 Å². The van der Waals surface area contributed by atoms with Crippen molar-refractivity contribution in [1.29, 1.82) is 0 Å². The van der Waals surface area contributed by atoms with Gasteiger partial charge in [0.05, 0.1) is 5.56 Å². The molecule has 144 valence electrons. The van der Waals surface area contributed by atoms with Crippen molar-refractivity contribution < 1.29 is 9.53 Å². The molecule has 27 heavy (non-hydrogen) atoms. The van der Waals surface area contributed by atoms with Gasteiger partial charge < -0.3 is 4.74 Å². The molecular weight excluding hydrogens is 332 g/mol. The summed E-state index contributed by atoms with van der Waals surface area (Å²) in [6.07, 6.45) is 7.90. The molecule has 1 aliphatic rings. The van der Waals surface area contributed by atoms with Gasteiger partial charge in [0.2, 0.25) is 0 Å². The smallest absolute Gasteiger partial charge is 0.338 e. The Morgan fingerprint density at radius 3 is 2.37 bits per heavy atom. The first-order valence-electron chi connectivity index (χ1n) is 10.5. The van der Waals surface area contributed by atoms with E-state index in [0.29, 0.717) is 5.92 Å². The molecule has 1 fully saturated rings. The molecule has 1 saturated carbocycles. The van der Waals surface area contributed by atoms with Gasteiger partial charge in [0.25, 0.3) is 0 Å². The summed E-state index contributed by atoms with van der Waals surface area (Å²) in [4.78, 5) is 12.8. The summed E-state index contributed by atoms with van der Waals surface area (Å²) < 4.78 is 5.89. The lowest BCUT2D eigenvalue weighted by molar-refractivity contribution is 0.0160. The lowest BCUT2D eigenvalue weighted by atomic mass is 9.84. The molecule has 3 rings (SSSR count). The summed E-state index contributed by atoms with van der Waals surface area (Å²) in [7, 11) is 0. The largest absolute Gasteiger partial charge is 0.459 e. The number of ether oxygens (including phenoxy) is 1. The van der Waals surface area contributed by atoms with Crippen LogP contribution in [0.3, 0.4) is 0 Å². The average Bonchev–Trinajstić information content (AvgIpc) is 2.70. The third-order valence-corrected chi connectivity index (χ3v) is 5.90. The van der Waals surface area contributed by atoms with Gasteiger partial charge in [0, 0.05) is 0 Å². The maximum atomic E-state index is 12.8. The molecule has 0 amide bonds. The molecule has 0 N–H and O–H groups in total. The summed E-state index contributed by atoms with van der Waals surface area (Å²) in [6.45, 7) is 4.46. The fourth-order valence-corrected chi connectivity index (χ4v) is 4.29. The highest BCUT2D eigenvalue weighted by Crippen LogP contribution is 2.30. The second-order valence-electron chi connectivity index (χ2n) is 8.01. The molecule has 0 aliphatic heterocycles. The first-order chi connectivity index (χ1) is 13.2. The van der Waals surface area contributed by atoms with Crippen LogP contribution in [0.4, 0.5) is 0 Å². The van der Waals surface area contributed by atoms with Crippen LogP contribution in [0.5, 0.6) is 0 Å². The maximum absolute atomic E-state index is 12.8. The Kier molecular flexibility index (Phi) is 7.09. The summed E-state index contributed by atoms with van der Waals surface area (Å²) in [5, 5.41) is 0. The molecular formula is C25H32O2. The van der Waals surface area contributed by atoms with Gasteiger partial charge in [-0.05, 0) is 61.1 Å². The number of carbonyl (C=O) groups is 1. The van der Waals surface area contributed by atoms with Crippen LogP contribution < -0.4 is 0 Å². The van der Waals surface area contributed by atoms with Gasteiger partial charge in [-0.15, -0.1) is 0 Å². The van der Waals surface area contributed by atoms with Crippen LogP contribution in [0.15, 0.2) is 54.6 Å². The summed E-state index contributed by atoms with van der Waals surface area (Å²) >= 11 is 0. The highest BCUT2D eigenvalue weighted by Gasteiger charge is 2.25. The predicted octanol–water partition coefficient (Wildman–Crippen LogP) is 6.55. The van der Waals surface area contributed by atoms with E-state index in [-0.39, 0.29) is 12.1 Å². The SMILES string of the molecule is CCC[C@H]1CC[C@H](OC(=O)c2ccccc2C[C@@H](C)c2ccccc2)CC1. The minimum Gasteiger partial charge on any atom is -0.459 e. The summed E-state index contributed by atoms with van der Waals surface area (Å²) in [6, 6.07) is 18.4. The minimum absolute atomic E-state index is 0.0882. The van der Waals surface area contributed by atoms with Gasteiger partial charge in [0.15, 0.2) is 0 Å². The third-order valence-electron chi connectivity index (χ3n) is 5.90. The average molecular weight is 365 g/mol. The monoisotopic (exact) mass is 364 g/mol. The Hall–Kier alpha value is -2.09. The van der Waals surface area contributed by atoms with E-state index in [0.717, 1.165) is 36.3 Å². The van der Waals surface area contributed by atoms with Gasteiger partial charge >= 0.3 is 5.97 Å². The van der Waals surface area contributed by atoms with E-state index in [4.69, 9.17) is 4.74 Å². The molecule has 0 heterocycles. The van der Waals surface area contributed by atoms with E-state index in [9.17, 15) is 4.79 Å². The lowest BCUT2D eigenvalue weighted by Crippen LogP contribution is -2.25. The summed E-state index contributed by atoms with van der Waals surface area (Å²) in [5.41, 5.74) is 3.12. The molecule has 0 spiro atoms. The third kappa shape index (κ3) is 5.45. The van der Waals surface area contributed by atoms with Crippen molar-refractivity contribution in [2.24, 2.45) is 5.92 Å². The van der Waals surface area contributed by atoms with E-state index >= 15 is 0 Å². The van der Waals surface area contributed by atoms with Gasteiger partial charge in [-0.25, -0.2) is 4.79 Å².